The fraction of sp³-hybridized carbons (Fsp3) is 0.231. The van der Waals surface area contributed by atoms with Crippen LogP contribution in [0.5, 0.6) is 0 Å². The number of carbonyl (C=O) groups excluding carboxylic acids is 1. The molecule has 2 heterocycles. The lowest BCUT2D eigenvalue weighted by Crippen LogP contribution is -2.34. The van der Waals surface area contributed by atoms with Crippen molar-refractivity contribution < 1.29 is 9.21 Å². The molecule has 1 unspecified atom stereocenters. The summed E-state index contributed by atoms with van der Waals surface area (Å²) in [4.78, 5) is 15.7. The summed E-state index contributed by atoms with van der Waals surface area (Å²) in [6.45, 7) is 1.92. The zero-order chi connectivity index (χ0) is 13.0. The van der Waals surface area contributed by atoms with E-state index in [9.17, 15) is 4.79 Å². The Balaban J connectivity index is 1.95. The number of nitrogens with one attached hydrogen (secondary N) is 1. The maximum atomic E-state index is 11.9. The van der Waals surface area contributed by atoms with Gasteiger partial charge in [-0.2, -0.15) is 0 Å². The standard InChI is InChI=1S/C13H13ClN2O2/c1-9(7-11-3-2-6-18-11)16-13(17)10-4-5-15-12(14)8-10/h2-6,8-9H,7H2,1H3,(H,16,17). The SMILES string of the molecule is CC(Cc1ccco1)NC(=O)c1ccnc(Cl)c1. The first kappa shape index (κ1) is 12.6. The maximum Gasteiger partial charge on any atom is 0.251 e. The summed E-state index contributed by atoms with van der Waals surface area (Å²) in [5, 5.41) is 3.18. The maximum absolute atomic E-state index is 11.9. The number of hydrogen-bond donors (Lipinski definition) is 1. The van der Waals surface area contributed by atoms with Gasteiger partial charge in [0, 0.05) is 24.2 Å². The molecule has 0 aliphatic rings. The van der Waals surface area contributed by atoms with Crippen LogP contribution in [0.2, 0.25) is 5.15 Å². The molecule has 0 fully saturated rings. The minimum atomic E-state index is -0.168. The quantitative estimate of drug-likeness (QED) is 0.864. The molecular formula is C13H13ClN2O2. The Morgan fingerprint density at radius 2 is 2.39 bits per heavy atom. The third kappa shape index (κ3) is 3.34. The van der Waals surface area contributed by atoms with Crippen LogP contribution in [-0.2, 0) is 6.42 Å². The first-order chi connectivity index (χ1) is 8.65. The molecule has 0 saturated heterocycles. The molecule has 1 atom stereocenters. The molecule has 0 radical (unpaired) electrons. The third-order valence-electron chi connectivity index (χ3n) is 2.45. The van der Waals surface area contributed by atoms with Crippen molar-refractivity contribution in [2.45, 2.75) is 19.4 Å². The lowest BCUT2D eigenvalue weighted by atomic mass is 10.1. The van der Waals surface area contributed by atoms with Gasteiger partial charge in [-0.3, -0.25) is 4.79 Å². The summed E-state index contributed by atoms with van der Waals surface area (Å²) in [6, 6.07) is 6.85. The zero-order valence-electron chi connectivity index (χ0n) is 9.89. The smallest absolute Gasteiger partial charge is 0.251 e. The Labute approximate surface area is 110 Å². The van der Waals surface area contributed by atoms with Crippen molar-refractivity contribution in [1.82, 2.24) is 10.3 Å². The van der Waals surface area contributed by atoms with Crippen LogP contribution in [0.4, 0.5) is 0 Å². The number of rotatable bonds is 4. The van der Waals surface area contributed by atoms with Gasteiger partial charge in [0.25, 0.3) is 5.91 Å². The second kappa shape index (κ2) is 5.69. The number of hydrogen-bond acceptors (Lipinski definition) is 3. The molecular weight excluding hydrogens is 252 g/mol. The number of carbonyl (C=O) groups is 1. The lowest BCUT2D eigenvalue weighted by molar-refractivity contribution is 0.0939. The predicted octanol–water partition coefficient (Wildman–Crippen LogP) is 2.69. The normalized spacial score (nSPS) is 12.1. The van der Waals surface area contributed by atoms with E-state index in [0.717, 1.165) is 5.76 Å². The van der Waals surface area contributed by atoms with E-state index in [4.69, 9.17) is 16.0 Å². The minimum Gasteiger partial charge on any atom is -0.469 e. The van der Waals surface area contributed by atoms with Crippen LogP contribution in [-0.4, -0.2) is 16.9 Å². The Morgan fingerprint density at radius 1 is 1.56 bits per heavy atom. The van der Waals surface area contributed by atoms with Crippen molar-refractivity contribution in [3.8, 4) is 0 Å². The van der Waals surface area contributed by atoms with Crippen molar-refractivity contribution in [2.24, 2.45) is 0 Å². The average molecular weight is 265 g/mol. The summed E-state index contributed by atoms with van der Waals surface area (Å²) in [6.07, 6.45) is 3.78. The van der Waals surface area contributed by atoms with Gasteiger partial charge in [0.1, 0.15) is 10.9 Å². The van der Waals surface area contributed by atoms with Gasteiger partial charge in [0.05, 0.1) is 6.26 Å². The van der Waals surface area contributed by atoms with Gasteiger partial charge in [0.15, 0.2) is 0 Å². The molecule has 5 heteroatoms. The lowest BCUT2D eigenvalue weighted by Gasteiger charge is -2.12. The molecule has 0 saturated carbocycles. The second-order valence-corrected chi connectivity index (χ2v) is 4.41. The number of halogens is 1. The van der Waals surface area contributed by atoms with Crippen LogP contribution in [0.1, 0.15) is 23.0 Å². The highest BCUT2D eigenvalue weighted by atomic mass is 35.5. The summed E-state index contributed by atoms with van der Waals surface area (Å²) in [7, 11) is 0. The van der Waals surface area contributed by atoms with E-state index in [0.29, 0.717) is 17.1 Å². The monoisotopic (exact) mass is 264 g/mol. The van der Waals surface area contributed by atoms with Crippen LogP contribution in [0.25, 0.3) is 0 Å². The number of nitrogens with zero attached hydrogens (tertiary/aromatic N) is 1. The van der Waals surface area contributed by atoms with Gasteiger partial charge in [-0.1, -0.05) is 11.6 Å². The first-order valence-corrected chi connectivity index (χ1v) is 5.98. The molecule has 2 aromatic rings. The highest BCUT2D eigenvalue weighted by Gasteiger charge is 2.11. The third-order valence-corrected chi connectivity index (χ3v) is 2.66. The number of amides is 1. The van der Waals surface area contributed by atoms with Crippen molar-refractivity contribution in [3.05, 3.63) is 53.2 Å². The van der Waals surface area contributed by atoms with E-state index in [1.807, 2.05) is 19.1 Å². The molecule has 1 amide bonds. The molecule has 0 aliphatic carbocycles. The predicted molar refractivity (Wildman–Crippen MR) is 68.6 cm³/mol. The largest absolute Gasteiger partial charge is 0.469 e. The van der Waals surface area contributed by atoms with Crippen molar-refractivity contribution in [2.75, 3.05) is 0 Å². The summed E-state index contributed by atoms with van der Waals surface area (Å²) < 4.78 is 5.23. The van der Waals surface area contributed by atoms with E-state index in [2.05, 4.69) is 10.3 Å². The van der Waals surface area contributed by atoms with E-state index >= 15 is 0 Å². The Kier molecular flexibility index (Phi) is 3.99. The van der Waals surface area contributed by atoms with E-state index in [1.54, 1.807) is 12.3 Å². The topological polar surface area (TPSA) is 55.1 Å². The second-order valence-electron chi connectivity index (χ2n) is 4.03. The fourth-order valence-corrected chi connectivity index (χ4v) is 1.81. The molecule has 2 aromatic heterocycles. The van der Waals surface area contributed by atoms with Gasteiger partial charge < -0.3 is 9.73 Å². The van der Waals surface area contributed by atoms with E-state index in [1.165, 1.54) is 12.3 Å². The van der Waals surface area contributed by atoms with Crippen LogP contribution < -0.4 is 5.32 Å². The Hall–Kier alpha value is -1.81. The van der Waals surface area contributed by atoms with Gasteiger partial charge >= 0.3 is 0 Å². The van der Waals surface area contributed by atoms with Crippen molar-refractivity contribution >= 4 is 17.5 Å². The highest BCUT2D eigenvalue weighted by molar-refractivity contribution is 6.29. The number of pyridine rings is 1. The van der Waals surface area contributed by atoms with Crippen molar-refractivity contribution in [1.29, 1.82) is 0 Å². The molecule has 0 aromatic carbocycles. The van der Waals surface area contributed by atoms with Gasteiger partial charge in [-0.25, -0.2) is 4.98 Å². The van der Waals surface area contributed by atoms with Crippen LogP contribution in [0, 0.1) is 0 Å². The molecule has 4 nitrogen and oxygen atoms in total. The Bertz CT molecular complexity index is 526. The van der Waals surface area contributed by atoms with Crippen LogP contribution >= 0.6 is 11.6 Å². The summed E-state index contributed by atoms with van der Waals surface area (Å²) in [5.41, 5.74) is 0.501. The average Bonchev–Trinajstić information content (AvgIpc) is 2.81. The number of furan rings is 1. The van der Waals surface area contributed by atoms with E-state index < -0.39 is 0 Å². The van der Waals surface area contributed by atoms with Crippen LogP contribution in [0.3, 0.4) is 0 Å². The fourth-order valence-electron chi connectivity index (χ4n) is 1.63. The Morgan fingerprint density at radius 3 is 3.06 bits per heavy atom. The molecule has 0 bridgehead atoms. The molecule has 1 N–H and O–H groups in total. The summed E-state index contributed by atoms with van der Waals surface area (Å²) >= 11 is 5.73. The molecule has 0 spiro atoms. The van der Waals surface area contributed by atoms with E-state index in [-0.39, 0.29) is 11.9 Å². The van der Waals surface area contributed by atoms with Crippen LogP contribution in [0.15, 0.2) is 41.1 Å². The van der Waals surface area contributed by atoms with Gasteiger partial charge in [-0.15, -0.1) is 0 Å². The summed E-state index contributed by atoms with van der Waals surface area (Å²) in [5.74, 6) is 0.675. The van der Waals surface area contributed by atoms with Crippen molar-refractivity contribution in [3.63, 3.8) is 0 Å². The molecule has 94 valence electrons. The molecule has 0 aliphatic heterocycles. The molecule has 18 heavy (non-hydrogen) atoms. The first-order valence-electron chi connectivity index (χ1n) is 5.60. The number of aromatic nitrogens is 1. The van der Waals surface area contributed by atoms with Gasteiger partial charge in [0.2, 0.25) is 0 Å². The zero-order valence-corrected chi connectivity index (χ0v) is 10.6. The molecule has 2 rings (SSSR count). The minimum absolute atomic E-state index is 0.0180. The highest BCUT2D eigenvalue weighted by Crippen LogP contribution is 2.08. The van der Waals surface area contributed by atoms with Gasteiger partial charge in [-0.05, 0) is 31.2 Å².